The Bertz CT molecular complexity index is 711. The van der Waals surface area contributed by atoms with Crippen molar-refractivity contribution in [2.75, 3.05) is 20.8 Å². The number of nitrogens with one attached hydrogen (secondary N) is 1. The first-order valence-electron chi connectivity index (χ1n) is 7.72. The zero-order valence-electron chi connectivity index (χ0n) is 14.2. The molecule has 0 aromatic heterocycles. The molecule has 0 spiro atoms. The van der Waals surface area contributed by atoms with E-state index in [9.17, 15) is 4.21 Å². The first-order valence-corrected chi connectivity index (χ1v) is 8.93. The molecule has 128 valence electrons. The van der Waals surface area contributed by atoms with E-state index in [1.54, 1.807) is 25.8 Å². The third-order valence-corrected chi connectivity index (χ3v) is 4.69. The molecule has 4 nitrogen and oxygen atoms in total. The summed E-state index contributed by atoms with van der Waals surface area (Å²) in [6, 6.07) is 13.6. The third-order valence-electron chi connectivity index (χ3n) is 3.57. The second-order valence-corrected chi connectivity index (χ2v) is 6.65. The minimum atomic E-state index is -1.13. The Morgan fingerprint density at radius 1 is 1.04 bits per heavy atom. The van der Waals surface area contributed by atoms with Crippen LogP contribution in [0.5, 0.6) is 11.5 Å². The molecule has 0 fully saturated rings. The van der Waals surface area contributed by atoms with Gasteiger partial charge in [-0.15, -0.1) is 0 Å². The van der Waals surface area contributed by atoms with Crippen LogP contribution < -0.4 is 14.8 Å². The van der Waals surface area contributed by atoms with E-state index in [1.165, 1.54) is 0 Å². The summed E-state index contributed by atoms with van der Waals surface area (Å²) >= 11 is 0. The van der Waals surface area contributed by atoms with Crippen LogP contribution in [0.25, 0.3) is 0 Å². The molecule has 2 rings (SSSR count). The van der Waals surface area contributed by atoms with Gasteiger partial charge in [-0.3, -0.25) is 0 Å². The van der Waals surface area contributed by atoms with Gasteiger partial charge in [0.25, 0.3) is 0 Å². The van der Waals surface area contributed by atoms with Crippen LogP contribution in [0.15, 0.2) is 59.0 Å². The molecule has 2 aromatic carbocycles. The minimum Gasteiger partial charge on any atom is -0.493 e. The lowest BCUT2D eigenvalue weighted by atomic mass is 10.1. The molecular formula is C19H23NO3S. The first-order chi connectivity index (χ1) is 11.6. The molecular weight excluding hydrogens is 322 g/mol. The number of aryl methyl sites for hydroxylation is 1. The lowest BCUT2D eigenvalue weighted by Crippen LogP contribution is -2.10. The maximum atomic E-state index is 12.1. The van der Waals surface area contributed by atoms with Crippen molar-refractivity contribution < 1.29 is 13.7 Å². The SMILES string of the molecule is COc1ccc(CCN/C=C\[S@@](=O)c2ccc(C)cc2)cc1OC. The summed E-state index contributed by atoms with van der Waals surface area (Å²) in [4.78, 5) is 0.804. The molecule has 0 heterocycles. The highest BCUT2D eigenvalue weighted by atomic mass is 32.2. The van der Waals surface area contributed by atoms with E-state index >= 15 is 0 Å². The quantitative estimate of drug-likeness (QED) is 0.745. The van der Waals surface area contributed by atoms with Crippen molar-refractivity contribution in [2.45, 2.75) is 18.2 Å². The Morgan fingerprint density at radius 2 is 1.75 bits per heavy atom. The van der Waals surface area contributed by atoms with Gasteiger partial charge >= 0.3 is 0 Å². The maximum absolute atomic E-state index is 12.1. The number of rotatable bonds is 8. The van der Waals surface area contributed by atoms with E-state index < -0.39 is 10.8 Å². The van der Waals surface area contributed by atoms with Crippen molar-refractivity contribution in [1.29, 1.82) is 0 Å². The van der Waals surface area contributed by atoms with Crippen LogP contribution in [0.4, 0.5) is 0 Å². The minimum absolute atomic E-state index is 0.725. The van der Waals surface area contributed by atoms with Gasteiger partial charge in [0, 0.05) is 23.0 Å². The van der Waals surface area contributed by atoms with Crippen LogP contribution in [0.2, 0.25) is 0 Å². The number of methoxy groups -OCH3 is 2. The molecule has 0 unspecified atom stereocenters. The van der Waals surface area contributed by atoms with Gasteiger partial charge in [-0.1, -0.05) is 23.8 Å². The Balaban J connectivity index is 1.82. The van der Waals surface area contributed by atoms with Gasteiger partial charge in [0.15, 0.2) is 11.5 Å². The summed E-state index contributed by atoms with van der Waals surface area (Å²) in [6.45, 7) is 2.76. The van der Waals surface area contributed by atoms with Crippen molar-refractivity contribution >= 4 is 10.8 Å². The zero-order chi connectivity index (χ0) is 17.4. The standard InChI is InChI=1S/C19H23NO3S/c1-15-4-7-17(8-5-15)24(21)13-12-20-11-10-16-6-9-18(22-2)19(14-16)23-3/h4-9,12-14,20H,10-11H2,1-3H3/b13-12-/t24-/m1/s1. The summed E-state index contributed by atoms with van der Waals surface area (Å²) in [5, 5.41) is 4.83. The molecule has 0 saturated carbocycles. The zero-order valence-corrected chi connectivity index (χ0v) is 15.1. The predicted molar refractivity (Wildman–Crippen MR) is 98.0 cm³/mol. The lowest BCUT2D eigenvalue weighted by Gasteiger charge is -2.09. The summed E-state index contributed by atoms with van der Waals surface area (Å²) in [5.41, 5.74) is 2.31. The average molecular weight is 345 g/mol. The van der Waals surface area contributed by atoms with Crippen molar-refractivity contribution in [3.8, 4) is 11.5 Å². The second-order valence-electron chi connectivity index (χ2n) is 5.31. The lowest BCUT2D eigenvalue weighted by molar-refractivity contribution is 0.354. The Hall–Kier alpha value is -2.27. The highest BCUT2D eigenvalue weighted by Gasteiger charge is 2.04. The largest absolute Gasteiger partial charge is 0.493 e. The van der Waals surface area contributed by atoms with Gasteiger partial charge in [-0.2, -0.15) is 0 Å². The van der Waals surface area contributed by atoms with Crippen molar-refractivity contribution in [1.82, 2.24) is 5.32 Å². The van der Waals surface area contributed by atoms with Crippen LogP contribution in [0, 0.1) is 6.92 Å². The van der Waals surface area contributed by atoms with Gasteiger partial charge in [0.1, 0.15) is 0 Å². The van der Waals surface area contributed by atoms with E-state index in [1.807, 2.05) is 49.4 Å². The van der Waals surface area contributed by atoms with Crippen LogP contribution in [0.1, 0.15) is 11.1 Å². The molecule has 0 amide bonds. The summed E-state index contributed by atoms with van der Waals surface area (Å²) in [5.74, 6) is 1.45. The third kappa shape index (κ3) is 5.13. The van der Waals surface area contributed by atoms with Crippen molar-refractivity contribution in [3.63, 3.8) is 0 Å². The van der Waals surface area contributed by atoms with Gasteiger partial charge < -0.3 is 14.8 Å². The highest BCUT2D eigenvalue weighted by Crippen LogP contribution is 2.27. The van der Waals surface area contributed by atoms with Crippen molar-refractivity contribution in [2.24, 2.45) is 0 Å². The normalized spacial score (nSPS) is 12.1. The number of hydrogen-bond acceptors (Lipinski definition) is 4. The summed E-state index contributed by atoms with van der Waals surface area (Å²) in [7, 11) is 2.12. The van der Waals surface area contributed by atoms with Crippen LogP contribution in [-0.4, -0.2) is 25.0 Å². The van der Waals surface area contributed by atoms with Crippen LogP contribution in [0.3, 0.4) is 0 Å². The van der Waals surface area contributed by atoms with E-state index in [0.29, 0.717) is 0 Å². The molecule has 0 aliphatic heterocycles. The van der Waals surface area contributed by atoms with Crippen LogP contribution in [-0.2, 0) is 17.2 Å². The molecule has 24 heavy (non-hydrogen) atoms. The Labute approximate surface area is 146 Å². The van der Waals surface area contributed by atoms with Gasteiger partial charge in [0.2, 0.25) is 0 Å². The fourth-order valence-electron chi connectivity index (χ4n) is 2.20. The van der Waals surface area contributed by atoms with E-state index in [2.05, 4.69) is 5.32 Å². The Kier molecular flexibility index (Phi) is 6.88. The van der Waals surface area contributed by atoms with Crippen molar-refractivity contribution in [3.05, 3.63) is 65.2 Å². The van der Waals surface area contributed by atoms with E-state index in [-0.39, 0.29) is 0 Å². The summed E-state index contributed by atoms with van der Waals surface area (Å²) in [6.07, 6.45) is 2.58. The summed E-state index contributed by atoms with van der Waals surface area (Å²) < 4.78 is 22.6. The molecule has 5 heteroatoms. The van der Waals surface area contributed by atoms with E-state index in [0.717, 1.165) is 40.5 Å². The predicted octanol–water partition coefficient (Wildman–Crippen LogP) is 3.42. The smallest absolute Gasteiger partial charge is 0.160 e. The van der Waals surface area contributed by atoms with Gasteiger partial charge in [0.05, 0.1) is 25.0 Å². The second kappa shape index (κ2) is 9.13. The highest BCUT2D eigenvalue weighted by molar-refractivity contribution is 7.88. The number of benzene rings is 2. The Morgan fingerprint density at radius 3 is 2.42 bits per heavy atom. The molecule has 0 bridgehead atoms. The topological polar surface area (TPSA) is 47.6 Å². The molecule has 0 saturated heterocycles. The molecule has 0 radical (unpaired) electrons. The molecule has 1 atom stereocenters. The molecule has 0 aliphatic rings. The fourth-order valence-corrected chi connectivity index (χ4v) is 2.98. The van der Waals surface area contributed by atoms with Gasteiger partial charge in [-0.25, -0.2) is 4.21 Å². The number of hydrogen-bond donors (Lipinski definition) is 1. The fraction of sp³-hybridized carbons (Fsp3) is 0.263. The number of ether oxygens (including phenoxy) is 2. The monoisotopic (exact) mass is 345 g/mol. The van der Waals surface area contributed by atoms with Crippen LogP contribution >= 0.6 is 0 Å². The molecule has 0 aliphatic carbocycles. The maximum Gasteiger partial charge on any atom is 0.160 e. The first kappa shape index (κ1) is 18.1. The molecule has 2 aromatic rings. The van der Waals surface area contributed by atoms with Gasteiger partial charge in [-0.05, 0) is 43.2 Å². The molecule has 1 N–H and O–H groups in total. The average Bonchev–Trinajstić information content (AvgIpc) is 2.61. The van der Waals surface area contributed by atoms with E-state index in [4.69, 9.17) is 9.47 Å².